The predicted molar refractivity (Wildman–Crippen MR) is 134 cm³/mol. The molecule has 186 valence electrons. The van der Waals surface area contributed by atoms with E-state index < -0.39 is 46.0 Å². The van der Waals surface area contributed by atoms with Crippen LogP contribution >= 0.6 is 46.4 Å². The summed E-state index contributed by atoms with van der Waals surface area (Å²) >= 11 is 23.0. The summed E-state index contributed by atoms with van der Waals surface area (Å²) < 4.78 is 8.85. The quantitative estimate of drug-likeness (QED) is 0.159. The molecule has 1 aliphatic heterocycles. The summed E-state index contributed by atoms with van der Waals surface area (Å²) in [5.74, 6) is -1.35. The van der Waals surface area contributed by atoms with Gasteiger partial charge in [-0.3, -0.25) is 9.69 Å². The van der Waals surface area contributed by atoms with Crippen molar-refractivity contribution in [2.75, 3.05) is 6.61 Å². The highest BCUT2D eigenvalue weighted by molar-refractivity contribution is 6.67. The van der Waals surface area contributed by atoms with E-state index in [1.165, 1.54) is 0 Å². The maximum absolute atomic E-state index is 13.3. The number of alkyl halides is 4. The molecule has 35 heavy (non-hydrogen) atoms. The number of hydrogen-bond acceptors (Lipinski definition) is 5. The summed E-state index contributed by atoms with van der Waals surface area (Å²) in [5.41, 5.74) is 0.945. The molecule has 0 aromatic heterocycles. The number of nitrogens with one attached hydrogen (secondary N) is 1. The molecule has 2 atom stereocenters. The summed E-state index contributed by atoms with van der Waals surface area (Å²) in [5, 5.41) is 2.31. The van der Waals surface area contributed by atoms with Gasteiger partial charge in [-0.25, -0.2) is 9.59 Å². The number of carbonyl (C=O) groups excluding carboxylic acids is 3. The molecule has 1 saturated heterocycles. The first-order valence-electron chi connectivity index (χ1n) is 10.4. The molecule has 1 N–H and O–H groups in total. The molecule has 0 radical (unpaired) electrons. The number of likely N-dealkylation sites (tertiary alicyclic amines) is 1. The minimum Gasteiger partial charge on any atom is -0.448 e. The van der Waals surface area contributed by atoms with Crippen molar-refractivity contribution in [2.24, 2.45) is 0 Å². The molecule has 1 aliphatic rings. The number of benzene rings is 2. The lowest BCUT2D eigenvalue weighted by molar-refractivity contribution is -0.153. The molecule has 1 fully saturated rings. The SMILES string of the molecule is CC(C)=C(C(=O)OC(c1ccccc1)c1ccccc1)N1C(=O)[C@H](NC(=O)OCC(Cl)(Cl)Cl)[C@H]1Cl. The highest BCUT2D eigenvalue weighted by Gasteiger charge is 2.51. The fraction of sp³-hybridized carbons (Fsp3) is 0.292. The van der Waals surface area contributed by atoms with Crippen LogP contribution in [-0.4, -0.2) is 44.8 Å². The molecule has 3 rings (SSSR count). The van der Waals surface area contributed by atoms with Crippen molar-refractivity contribution in [3.8, 4) is 0 Å². The lowest BCUT2D eigenvalue weighted by atomic mass is 10.0. The predicted octanol–water partition coefficient (Wildman–Crippen LogP) is 5.49. The van der Waals surface area contributed by atoms with Crippen LogP contribution in [0.2, 0.25) is 0 Å². The molecule has 0 aliphatic carbocycles. The monoisotopic (exact) mass is 558 g/mol. The third kappa shape index (κ3) is 6.82. The number of ether oxygens (including phenoxy) is 2. The Morgan fingerprint density at radius 1 is 1.00 bits per heavy atom. The zero-order valence-corrected chi connectivity index (χ0v) is 21.7. The van der Waals surface area contributed by atoms with E-state index in [1.54, 1.807) is 13.8 Å². The number of amides is 2. The normalized spacial score (nSPS) is 17.5. The molecular weight excluding hydrogens is 538 g/mol. The van der Waals surface area contributed by atoms with Crippen LogP contribution in [0.15, 0.2) is 71.9 Å². The van der Waals surface area contributed by atoms with Crippen LogP contribution in [-0.2, 0) is 19.1 Å². The first-order chi connectivity index (χ1) is 16.5. The van der Waals surface area contributed by atoms with E-state index >= 15 is 0 Å². The Hall–Kier alpha value is -2.45. The first-order valence-corrected chi connectivity index (χ1v) is 12.0. The molecule has 2 amide bonds. The van der Waals surface area contributed by atoms with Gasteiger partial charge in [-0.1, -0.05) is 107 Å². The van der Waals surface area contributed by atoms with E-state index in [9.17, 15) is 14.4 Å². The summed E-state index contributed by atoms with van der Waals surface area (Å²) in [6.07, 6.45) is -1.70. The van der Waals surface area contributed by atoms with Crippen LogP contribution in [0.3, 0.4) is 0 Å². The molecular formula is C24H22Cl4N2O5. The number of alkyl carbamates (subject to hydrolysis) is 1. The van der Waals surface area contributed by atoms with Crippen LogP contribution in [0.5, 0.6) is 0 Å². The van der Waals surface area contributed by atoms with Gasteiger partial charge < -0.3 is 14.8 Å². The fourth-order valence-electron chi connectivity index (χ4n) is 3.43. The Kier molecular flexibility index (Phi) is 8.94. The second-order valence-corrected chi connectivity index (χ2v) is 10.8. The van der Waals surface area contributed by atoms with Crippen molar-refractivity contribution >= 4 is 64.4 Å². The van der Waals surface area contributed by atoms with Gasteiger partial charge in [0, 0.05) is 0 Å². The van der Waals surface area contributed by atoms with Crippen molar-refractivity contribution in [1.29, 1.82) is 0 Å². The van der Waals surface area contributed by atoms with Crippen LogP contribution in [0, 0.1) is 0 Å². The van der Waals surface area contributed by atoms with Gasteiger partial charge in [-0.05, 0) is 30.5 Å². The Balaban J connectivity index is 1.76. The molecule has 0 unspecified atom stereocenters. The second kappa shape index (κ2) is 11.5. The average molecular weight is 560 g/mol. The van der Waals surface area contributed by atoms with Gasteiger partial charge in [-0.15, -0.1) is 0 Å². The number of β-lactam (4-membered cyclic amide) rings is 1. The zero-order chi connectivity index (χ0) is 25.8. The minimum atomic E-state index is -1.81. The number of esters is 1. The highest BCUT2D eigenvalue weighted by atomic mass is 35.6. The number of halogens is 4. The van der Waals surface area contributed by atoms with E-state index in [0.29, 0.717) is 5.57 Å². The number of nitrogens with zero attached hydrogens (tertiary/aromatic N) is 1. The lowest BCUT2D eigenvalue weighted by Gasteiger charge is -2.44. The average Bonchev–Trinajstić information content (AvgIpc) is 2.83. The largest absolute Gasteiger partial charge is 0.448 e. The number of allylic oxidation sites excluding steroid dienone is 1. The Morgan fingerprint density at radius 3 is 1.94 bits per heavy atom. The van der Waals surface area contributed by atoms with E-state index in [4.69, 9.17) is 55.9 Å². The third-order valence-corrected chi connectivity index (χ3v) is 5.78. The van der Waals surface area contributed by atoms with Crippen molar-refractivity contribution in [2.45, 2.75) is 35.3 Å². The molecule has 0 spiro atoms. The maximum Gasteiger partial charge on any atom is 0.408 e. The van der Waals surface area contributed by atoms with Crippen molar-refractivity contribution in [1.82, 2.24) is 10.2 Å². The molecule has 1 heterocycles. The minimum absolute atomic E-state index is 0.0143. The lowest BCUT2D eigenvalue weighted by Crippen LogP contribution is -2.68. The van der Waals surface area contributed by atoms with Crippen LogP contribution in [0.1, 0.15) is 31.1 Å². The van der Waals surface area contributed by atoms with Crippen LogP contribution < -0.4 is 5.32 Å². The number of hydrogen-bond donors (Lipinski definition) is 1. The smallest absolute Gasteiger partial charge is 0.408 e. The topological polar surface area (TPSA) is 84.9 Å². The fourth-order valence-corrected chi connectivity index (χ4v) is 3.95. The van der Waals surface area contributed by atoms with E-state index in [1.807, 2.05) is 60.7 Å². The summed E-state index contributed by atoms with van der Waals surface area (Å²) in [6, 6.07) is 17.3. The van der Waals surface area contributed by atoms with E-state index in [0.717, 1.165) is 16.0 Å². The molecule has 2 aromatic carbocycles. The van der Waals surface area contributed by atoms with Gasteiger partial charge in [0.2, 0.25) is 3.79 Å². The molecule has 7 nitrogen and oxygen atoms in total. The van der Waals surface area contributed by atoms with Gasteiger partial charge in [0.05, 0.1) is 0 Å². The van der Waals surface area contributed by atoms with E-state index in [2.05, 4.69) is 5.32 Å². The first kappa shape index (κ1) is 27.1. The van der Waals surface area contributed by atoms with Crippen LogP contribution in [0.25, 0.3) is 0 Å². The van der Waals surface area contributed by atoms with Gasteiger partial charge in [-0.2, -0.15) is 0 Å². The Labute approximate surface area is 222 Å². The van der Waals surface area contributed by atoms with Gasteiger partial charge in [0.15, 0.2) is 6.10 Å². The maximum atomic E-state index is 13.3. The summed E-state index contributed by atoms with van der Waals surface area (Å²) in [6.45, 7) is 2.79. The molecule has 0 saturated carbocycles. The van der Waals surface area contributed by atoms with E-state index in [-0.39, 0.29) is 5.70 Å². The summed E-state index contributed by atoms with van der Waals surface area (Å²) in [7, 11) is 0. The Morgan fingerprint density at radius 2 is 1.51 bits per heavy atom. The molecule has 2 aromatic rings. The second-order valence-electron chi connectivity index (χ2n) is 7.85. The van der Waals surface area contributed by atoms with Gasteiger partial charge in [0.25, 0.3) is 5.91 Å². The van der Waals surface area contributed by atoms with Crippen molar-refractivity contribution in [3.05, 3.63) is 83.1 Å². The number of rotatable bonds is 7. The Bertz CT molecular complexity index is 1060. The van der Waals surface area contributed by atoms with Gasteiger partial charge in [0.1, 0.15) is 23.8 Å². The van der Waals surface area contributed by atoms with Gasteiger partial charge >= 0.3 is 12.1 Å². The van der Waals surface area contributed by atoms with Crippen molar-refractivity contribution < 1.29 is 23.9 Å². The molecule has 11 heteroatoms. The van der Waals surface area contributed by atoms with Crippen LogP contribution in [0.4, 0.5) is 4.79 Å². The number of carbonyl (C=O) groups is 3. The zero-order valence-electron chi connectivity index (χ0n) is 18.7. The molecule has 0 bridgehead atoms. The standard InChI is InChI=1S/C24H22Cl4N2O5/c1-14(2)18(30-20(25)17(21(30)31)29-23(33)34-13-24(26,27)28)22(32)35-19(15-9-5-3-6-10-15)16-11-7-4-8-12-16/h3-12,17,19-20H,13H2,1-2H3,(H,29,33)/t17-,20+/m1/s1. The summed E-state index contributed by atoms with van der Waals surface area (Å²) in [4.78, 5) is 39.2. The highest BCUT2D eigenvalue weighted by Crippen LogP contribution is 2.34. The van der Waals surface area contributed by atoms with Crippen molar-refractivity contribution in [3.63, 3.8) is 0 Å². The third-order valence-electron chi connectivity index (χ3n) is 5.00.